The Morgan fingerprint density at radius 3 is 2.38 bits per heavy atom. The summed E-state index contributed by atoms with van der Waals surface area (Å²) in [6.07, 6.45) is 0. The zero-order valence-corrected chi connectivity index (χ0v) is 17.6. The lowest BCUT2D eigenvalue weighted by molar-refractivity contribution is 0.0998. The van der Waals surface area contributed by atoms with Crippen LogP contribution in [0.15, 0.2) is 83.3 Å². The normalized spacial score (nSPS) is 14.6. The van der Waals surface area contributed by atoms with Crippen molar-refractivity contribution in [3.05, 3.63) is 96.0 Å². The summed E-state index contributed by atoms with van der Waals surface area (Å²) in [6.45, 7) is 4.13. The van der Waals surface area contributed by atoms with E-state index in [2.05, 4.69) is 15.1 Å². The van der Waals surface area contributed by atoms with Crippen LogP contribution in [0.4, 0.5) is 15.8 Å². The lowest BCUT2D eigenvalue weighted by Gasteiger charge is -2.36. The zero-order chi connectivity index (χ0) is 21.9. The third-order valence-corrected chi connectivity index (χ3v) is 5.86. The lowest BCUT2D eigenvalue weighted by atomic mass is 10.1. The van der Waals surface area contributed by atoms with Gasteiger partial charge in [0.1, 0.15) is 11.4 Å². The average Bonchev–Trinajstić information content (AvgIpc) is 3.26. The first-order valence-corrected chi connectivity index (χ1v) is 10.8. The summed E-state index contributed by atoms with van der Waals surface area (Å²) < 4.78 is 19.5. The van der Waals surface area contributed by atoms with E-state index in [-0.39, 0.29) is 11.7 Å². The second kappa shape index (κ2) is 8.85. The topological polar surface area (TPSA) is 48.7 Å². The number of carbonyl (C=O) groups is 1. The molecule has 0 bridgehead atoms. The Morgan fingerprint density at radius 2 is 1.62 bits per heavy atom. The minimum atomic E-state index is -0.268. The molecule has 0 unspecified atom stereocenters. The second-order valence-corrected chi connectivity index (χ2v) is 8.00. The van der Waals surface area contributed by atoms with Crippen LogP contribution in [0.5, 0.6) is 0 Å². The first-order valence-electron chi connectivity index (χ1n) is 10.8. The van der Waals surface area contributed by atoms with Gasteiger partial charge in [-0.2, -0.15) is 0 Å². The van der Waals surface area contributed by atoms with Crippen LogP contribution in [0.3, 0.4) is 0 Å². The number of amides is 1. The number of piperazine rings is 1. The summed E-state index contributed by atoms with van der Waals surface area (Å²) in [5.74, 6) is -0.118. The predicted molar refractivity (Wildman–Crippen MR) is 124 cm³/mol. The Morgan fingerprint density at radius 1 is 0.906 bits per heavy atom. The molecule has 1 amide bonds. The minimum absolute atomic E-state index is 0.143. The molecule has 0 saturated carbocycles. The first kappa shape index (κ1) is 20.3. The monoisotopic (exact) mass is 429 g/mol. The van der Waals surface area contributed by atoms with E-state index in [1.807, 2.05) is 60.7 Å². The number of hydrogen-bond donors (Lipinski definition) is 1. The van der Waals surface area contributed by atoms with Gasteiger partial charge in [-0.1, -0.05) is 36.4 Å². The van der Waals surface area contributed by atoms with E-state index < -0.39 is 0 Å². The molecule has 6 heteroatoms. The quantitative estimate of drug-likeness (QED) is 0.477. The van der Waals surface area contributed by atoms with Crippen LogP contribution < -0.4 is 10.2 Å². The number of fused-ring (bicyclic) bond motifs is 1. The standard InChI is InChI=1S/C26H24FN3O2/c27-23-7-3-1-6-20(23)18-29-13-15-30(16-14-29)22-11-9-21(10-12-22)28-26(31)25-17-19-5-2-4-8-24(19)32-25/h1-12,17H,13-16,18H2,(H,28,31). The fraction of sp³-hybridized carbons (Fsp3) is 0.192. The van der Waals surface area contributed by atoms with Crippen molar-refractivity contribution in [2.75, 3.05) is 36.4 Å². The maximum Gasteiger partial charge on any atom is 0.291 e. The van der Waals surface area contributed by atoms with Gasteiger partial charge in [-0.25, -0.2) is 4.39 Å². The molecule has 2 heterocycles. The molecule has 1 aliphatic heterocycles. The van der Waals surface area contributed by atoms with Gasteiger partial charge in [-0.3, -0.25) is 9.69 Å². The van der Waals surface area contributed by atoms with Gasteiger partial charge in [0.25, 0.3) is 5.91 Å². The van der Waals surface area contributed by atoms with E-state index >= 15 is 0 Å². The smallest absolute Gasteiger partial charge is 0.291 e. The maximum atomic E-state index is 13.9. The molecule has 3 aromatic carbocycles. The summed E-state index contributed by atoms with van der Waals surface area (Å²) in [5.41, 5.74) is 3.27. The Balaban J connectivity index is 1.17. The number of furan rings is 1. The van der Waals surface area contributed by atoms with Crippen LogP contribution in [0.2, 0.25) is 0 Å². The van der Waals surface area contributed by atoms with Crippen LogP contribution in [0.1, 0.15) is 16.1 Å². The SMILES string of the molecule is O=C(Nc1ccc(N2CCN(Cc3ccccc3F)CC2)cc1)c1cc2ccccc2o1. The van der Waals surface area contributed by atoms with E-state index in [4.69, 9.17) is 4.42 Å². The van der Waals surface area contributed by atoms with E-state index in [0.29, 0.717) is 17.9 Å². The van der Waals surface area contributed by atoms with Gasteiger partial charge in [0.2, 0.25) is 0 Å². The third kappa shape index (κ3) is 4.36. The highest BCUT2D eigenvalue weighted by Crippen LogP contribution is 2.23. The summed E-state index contributed by atoms with van der Waals surface area (Å²) >= 11 is 0. The van der Waals surface area contributed by atoms with Gasteiger partial charge in [-0.15, -0.1) is 0 Å². The molecule has 1 fully saturated rings. The van der Waals surface area contributed by atoms with Gasteiger partial charge in [0, 0.05) is 55.0 Å². The highest BCUT2D eigenvalue weighted by atomic mass is 19.1. The van der Waals surface area contributed by atoms with E-state index in [1.54, 1.807) is 12.1 Å². The molecule has 32 heavy (non-hydrogen) atoms. The average molecular weight is 429 g/mol. The van der Waals surface area contributed by atoms with Crippen LogP contribution >= 0.6 is 0 Å². The second-order valence-electron chi connectivity index (χ2n) is 8.00. The van der Waals surface area contributed by atoms with Crippen LogP contribution in [-0.2, 0) is 6.54 Å². The zero-order valence-electron chi connectivity index (χ0n) is 17.6. The molecule has 0 spiro atoms. The van der Waals surface area contributed by atoms with E-state index in [9.17, 15) is 9.18 Å². The fourth-order valence-corrected chi connectivity index (χ4v) is 4.07. The van der Waals surface area contributed by atoms with Crippen molar-refractivity contribution >= 4 is 28.3 Å². The highest BCUT2D eigenvalue weighted by Gasteiger charge is 2.19. The fourth-order valence-electron chi connectivity index (χ4n) is 4.07. The summed E-state index contributed by atoms with van der Waals surface area (Å²) in [4.78, 5) is 17.1. The van der Waals surface area contributed by atoms with Crippen molar-refractivity contribution < 1.29 is 13.6 Å². The Hall–Kier alpha value is -3.64. The largest absolute Gasteiger partial charge is 0.451 e. The Kier molecular flexibility index (Phi) is 5.60. The summed E-state index contributed by atoms with van der Waals surface area (Å²) in [5, 5.41) is 3.80. The van der Waals surface area contributed by atoms with Crippen LogP contribution in [0.25, 0.3) is 11.0 Å². The molecule has 1 saturated heterocycles. The summed E-state index contributed by atoms with van der Waals surface area (Å²) in [6, 6.07) is 24.1. The molecule has 5 rings (SSSR count). The number of hydrogen-bond acceptors (Lipinski definition) is 4. The van der Waals surface area contributed by atoms with E-state index in [1.165, 1.54) is 6.07 Å². The molecular weight excluding hydrogens is 405 g/mol. The number of halogens is 1. The minimum Gasteiger partial charge on any atom is -0.451 e. The molecular formula is C26H24FN3O2. The lowest BCUT2D eigenvalue weighted by Crippen LogP contribution is -2.46. The molecule has 162 valence electrons. The highest BCUT2D eigenvalue weighted by molar-refractivity contribution is 6.04. The van der Waals surface area contributed by atoms with Crippen molar-refractivity contribution in [1.82, 2.24) is 4.90 Å². The number of anilines is 2. The maximum absolute atomic E-state index is 13.9. The first-order chi connectivity index (χ1) is 15.7. The molecule has 0 radical (unpaired) electrons. The van der Waals surface area contributed by atoms with Crippen molar-refractivity contribution in [2.24, 2.45) is 0 Å². The van der Waals surface area contributed by atoms with Gasteiger partial charge in [-0.05, 0) is 42.5 Å². The third-order valence-electron chi connectivity index (χ3n) is 5.86. The molecule has 1 N–H and O–H groups in total. The van der Waals surface area contributed by atoms with Crippen molar-refractivity contribution in [3.8, 4) is 0 Å². The van der Waals surface area contributed by atoms with Crippen molar-refractivity contribution in [2.45, 2.75) is 6.54 Å². The van der Waals surface area contributed by atoms with Gasteiger partial charge < -0.3 is 14.6 Å². The van der Waals surface area contributed by atoms with Crippen LogP contribution in [0, 0.1) is 5.82 Å². The number of para-hydroxylation sites is 1. The van der Waals surface area contributed by atoms with Gasteiger partial charge in [0.15, 0.2) is 5.76 Å². The molecule has 5 nitrogen and oxygen atoms in total. The molecule has 0 atom stereocenters. The number of rotatable bonds is 5. The molecule has 1 aliphatic rings. The van der Waals surface area contributed by atoms with E-state index in [0.717, 1.165) is 48.5 Å². The van der Waals surface area contributed by atoms with Gasteiger partial charge >= 0.3 is 0 Å². The Labute approximate surface area is 186 Å². The molecule has 1 aromatic heterocycles. The van der Waals surface area contributed by atoms with Crippen LogP contribution in [-0.4, -0.2) is 37.0 Å². The Bertz CT molecular complexity index is 1190. The number of benzene rings is 3. The molecule has 4 aromatic rings. The number of nitrogens with one attached hydrogen (secondary N) is 1. The number of nitrogens with zero attached hydrogens (tertiary/aromatic N) is 2. The number of carbonyl (C=O) groups excluding carboxylic acids is 1. The van der Waals surface area contributed by atoms with Crippen molar-refractivity contribution in [3.63, 3.8) is 0 Å². The van der Waals surface area contributed by atoms with Crippen molar-refractivity contribution in [1.29, 1.82) is 0 Å². The molecule has 0 aliphatic carbocycles. The van der Waals surface area contributed by atoms with Gasteiger partial charge in [0.05, 0.1) is 0 Å². The summed E-state index contributed by atoms with van der Waals surface area (Å²) in [7, 11) is 0. The predicted octanol–water partition coefficient (Wildman–Crippen LogP) is 5.15.